The minimum atomic E-state index is -0.964. The number of aliphatic carboxylic acids is 1. The molecule has 0 atom stereocenters. The Bertz CT molecular complexity index is 600. The van der Waals surface area contributed by atoms with Crippen LogP contribution in [0.25, 0.3) is 6.08 Å². The summed E-state index contributed by atoms with van der Waals surface area (Å²) in [5.74, 6) is 0.412. The van der Waals surface area contributed by atoms with Crippen LogP contribution in [0.4, 0.5) is 0 Å². The second kappa shape index (κ2) is 6.56. The maximum Gasteiger partial charge on any atom is 0.328 e. The molecular formula is C15H16N2O3. The number of aryl methyl sites for hydroxylation is 1. The average Bonchev–Trinajstić information content (AvgIpc) is 2.86. The second-order valence-electron chi connectivity index (χ2n) is 4.28. The lowest BCUT2D eigenvalue weighted by atomic mass is 10.2. The molecule has 0 fully saturated rings. The van der Waals surface area contributed by atoms with E-state index in [4.69, 9.17) is 9.84 Å². The van der Waals surface area contributed by atoms with E-state index in [1.54, 1.807) is 30.5 Å². The molecule has 5 heteroatoms. The Labute approximate surface area is 117 Å². The fourth-order valence-corrected chi connectivity index (χ4v) is 1.70. The topological polar surface area (TPSA) is 64.3 Å². The molecule has 0 amide bonds. The quantitative estimate of drug-likeness (QED) is 0.820. The number of carbonyl (C=O) groups is 1. The molecule has 5 nitrogen and oxygen atoms in total. The molecule has 20 heavy (non-hydrogen) atoms. The molecule has 0 aliphatic rings. The lowest BCUT2D eigenvalue weighted by molar-refractivity contribution is -0.131. The molecular weight excluding hydrogens is 256 g/mol. The highest BCUT2D eigenvalue weighted by atomic mass is 16.5. The Balaban J connectivity index is 2.00. The van der Waals surface area contributed by atoms with Gasteiger partial charge in [-0.15, -0.1) is 0 Å². The van der Waals surface area contributed by atoms with Gasteiger partial charge >= 0.3 is 5.97 Å². The van der Waals surface area contributed by atoms with E-state index in [2.05, 4.69) is 12.0 Å². The molecule has 1 N–H and O–H groups in total. The number of hydrogen-bond acceptors (Lipinski definition) is 3. The van der Waals surface area contributed by atoms with Gasteiger partial charge in [-0.3, -0.25) is 4.68 Å². The molecule has 0 saturated carbocycles. The Kier molecular flexibility index (Phi) is 4.55. The van der Waals surface area contributed by atoms with E-state index in [-0.39, 0.29) is 0 Å². The zero-order valence-corrected chi connectivity index (χ0v) is 11.2. The molecule has 0 saturated heterocycles. The predicted octanol–water partition coefficient (Wildman–Crippen LogP) is 3.18. The first-order valence-corrected chi connectivity index (χ1v) is 6.39. The van der Waals surface area contributed by atoms with Crippen LogP contribution in [-0.2, 0) is 11.3 Å². The highest BCUT2D eigenvalue weighted by molar-refractivity contribution is 5.85. The third-order valence-electron chi connectivity index (χ3n) is 2.60. The van der Waals surface area contributed by atoms with Crippen LogP contribution in [0.15, 0.2) is 42.7 Å². The summed E-state index contributed by atoms with van der Waals surface area (Å²) in [4.78, 5) is 10.4. The molecule has 0 aliphatic heterocycles. The Hall–Kier alpha value is -2.56. The van der Waals surface area contributed by atoms with E-state index < -0.39 is 5.97 Å². The number of rotatable bonds is 6. The minimum absolute atomic E-state index is 0.687. The molecule has 0 spiro atoms. The SMILES string of the molecule is CCCn1cc(Oc2ccc(/C=C/C(=O)O)cc2)cn1. The number of aromatic nitrogens is 2. The first-order valence-electron chi connectivity index (χ1n) is 6.39. The lowest BCUT2D eigenvalue weighted by Gasteiger charge is -2.02. The van der Waals surface area contributed by atoms with Crippen LogP contribution in [0, 0.1) is 0 Å². The van der Waals surface area contributed by atoms with E-state index >= 15 is 0 Å². The van der Waals surface area contributed by atoms with E-state index in [1.807, 2.05) is 10.9 Å². The minimum Gasteiger partial charge on any atom is -0.478 e. The van der Waals surface area contributed by atoms with Gasteiger partial charge in [0.25, 0.3) is 0 Å². The van der Waals surface area contributed by atoms with Crippen molar-refractivity contribution in [3.05, 3.63) is 48.3 Å². The second-order valence-corrected chi connectivity index (χ2v) is 4.28. The van der Waals surface area contributed by atoms with Crippen molar-refractivity contribution >= 4 is 12.0 Å². The summed E-state index contributed by atoms with van der Waals surface area (Å²) in [5.41, 5.74) is 0.807. The first-order chi connectivity index (χ1) is 9.67. The van der Waals surface area contributed by atoms with Gasteiger partial charge in [0.15, 0.2) is 5.75 Å². The number of nitrogens with zero attached hydrogens (tertiary/aromatic N) is 2. The van der Waals surface area contributed by atoms with Crippen LogP contribution >= 0.6 is 0 Å². The van der Waals surface area contributed by atoms with Crippen LogP contribution < -0.4 is 4.74 Å². The van der Waals surface area contributed by atoms with Crippen molar-refractivity contribution in [2.75, 3.05) is 0 Å². The van der Waals surface area contributed by atoms with Crippen LogP contribution in [0.5, 0.6) is 11.5 Å². The van der Waals surface area contributed by atoms with Gasteiger partial charge < -0.3 is 9.84 Å². The molecule has 1 heterocycles. The van der Waals surface area contributed by atoms with Gasteiger partial charge in [-0.2, -0.15) is 5.10 Å². The van der Waals surface area contributed by atoms with Crippen LogP contribution in [0.3, 0.4) is 0 Å². The van der Waals surface area contributed by atoms with Crippen molar-refractivity contribution in [2.24, 2.45) is 0 Å². The number of carboxylic acids is 1. The summed E-state index contributed by atoms with van der Waals surface area (Å²) in [5, 5.41) is 12.7. The summed E-state index contributed by atoms with van der Waals surface area (Å²) in [6.07, 6.45) is 7.18. The van der Waals surface area contributed by atoms with Crippen molar-refractivity contribution in [1.29, 1.82) is 0 Å². The van der Waals surface area contributed by atoms with Crippen molar-refractivity contribution in [2.45, 2.75) is 19.9 Å². The number of carboxylic acid groups (broad SMARTS) is 1. The van der Waals surface area contributed by atoms with Crippen LogP contribution in [0.2, 0.25) is 0 Å². The number of benzene rings is 1. The van der Waals surface area contributed by atoms with Gasteiger partial charge in [-0.25, -0.2) is 4.79 Å². The largest absolute Gasteiger partial charge is 0.478 e. The Morgan fingerprint density at radius 1 is 1.35 bits per heavy atom. The van der Waals surface area contributed by atoms with Crippen LogP contribution in [0.1, 0.15) is 18.9 Å². The molecule has 1 aromatic carbocycles. The maximum atomic E-state index is 10.4. The summed E-state index contributed by atoms with van der Waals surface area (Å²) in [7, 11) is 0. The van der Waals surface area contributed by atoms with E-state index in [9.17, 15) is 4.79 Å². The van der Waals surface area contributed by atoms with Gasteiger partial charge in [0, 0.05) is 12.6 Å². The standard InChI is InChI=1S/C15H16N2O3/c1-2-9-17-11-14(10-16-17)20-13-6-3-12(4-7-13)5-8-15(18)19/h3-8,10-11H,2,9H2,1H3,(H,18,19)/b8-5+. The molecule has 0 bridgehead atoms. The molecule has 0 aliphatic carbocycles. The monoisotopic (exact) mass is 272 g/mol. The smallest absolute Gasteiger partial charge is 0.328 e. The van der Waals surface area contributed by atoms with Crippen LogP contribution in [-0.4, -0.2) is 20.9 Å². The highest BCUT2D eigenvalue weighted by Gasteiger charge is 2.01. The van der Waals surface area contributed by atoms with Gasteiger partial charge in [0.05, 0.1) is 12.4 Å². The molecule has 1 aromatic heterocycles. The number of hydrogen-bond donors (Lipinski definition) is 1. The average molecular weight is 272 g/mol. The molecule has 2 aromatic rings. The highest BCUT2D eigenvalue weighted by Crippen LogP contribution is 2.21. The molecule has 0 radical (unpaired) electrons. The fourth-order valence-electron chi connectivity index (χ4n) is 1.70. The molecule has 2 rings (SSSR count). The van der Waals surface area contributed by atoms with Gasteiger partial charge in [0.1, 0.15) is 5.75 Å². The number of ether oxygens (including phenoxy) is 1. The van der Waals surface area contributed by atoms with Crippen molar-refractivity contribution in [1.82, 2.24) is 9.78 Å². The first kappa shape index (κ1) is 13.9. The van der Waals surface area contributed by atoms with Gasteiger partial charge in [-0.1, -0.05) is 19.1 Å². The van der Waals surface area contributed by atoms with E-state index in [0.717, 1.165) is 24.6 Å². The zero-order chi connectivity index (χ0) is 14.4. The third kappa shape index (κ3) is 3.98. The summed E-state index contributed by atoms with van der Waals surface area (Å²) in [6.45, 7) is 2.95. The summed E-state index contributed by atoms with van der Waals surface area (Å²) in [6, 6.07) is 7.17. The van der Waals surface area contributed by atoms with Gasteiger partial charge in [0.2, 0.25) is 0 Å². The fraction of sp³-hybridized carbons (Fsp3) is 0.200. The Morgan fingerprint density at radius 3 is 2.75 bits per heavy atom. The van der Waals surface area contributed by atoms with E-state index in [1.165, 1.54) is 6.08 Å². The normalized spacial score (nSPS) is 10.8. The lowest BCUT2D eigenvalue weighted by Crippen LogP contribution is -1.95. The summed E-state index contributed by atoms with van der Waals surface area (Å²) >= 11 is 0. The maximum absolute atomic E-state index is 10.4. The van der Waals surface area contributed by atoms with Gasteiger partial charge in [-0.05, 0) is 30.2 Å². The zero-order valence-electron chi connectivity index (χ0n) is 11.2. The van der Waals surface area contributed by atoms with E-state index in [0.29, 0.717) is 11.5 Å². The predicted molar refractivity (Wildman–Crippen MR) is 75.7 cm³/mol. The third-order valence-corrected chi connectivity index (χ3v) is 2.60. The van der Waals surface area contributed by atoms with Crippen molar-refractivity contribution in [3.8, 4) is 11.5 Å². The summed E-state index contributed by atoms with van der Waals surface area (Å²) < 4.78 is 7.49. The Morgan fingerprint density at radius 2 is 2.10 bits per heavy atom. The molecule has 0 unspecified atom stereocenters. The van der Waals surface area contributed by atoms with Crippen molar-refractivity contribution in [3.63, 3.8) is 0 Å². The van der Waals surface area contributed by atoms with Crippen molar-refractivity contribution < 1.29 is 14.6 Å². The molecule has 104 valence electrons.